The van der Waals surface area contributed by atoms with Crippen LogP contribution >= 0.6 is 0 Å². The standard InChI is InChI=1S/C29H32N4O3/c1-32(22-13-5-3-6-14-22)28(34)21-33-25-17-10-9-16-24(25)31-27(33)19-7-4-12-20-30-29(35)23-15-8-11-18-26(23)36-2/h3,5-6,8-11,13-18H,4,7,12,19-21H2,1-2H3,(H,30,35). The number of methoxy groups -OCH3 is 1. The molecule has 1 aromatic heterocycles. The molecule has 0 spiro atoms. The number of likely N-dealkylation sites (N-methyl/N-ethyl adjacent to an activating group) is 1. The predicted octanol–water partition coefficient (Wildman–Crippen LogP) is 4.85. The lowest BCUT2D eigenvalue weighted by atomic mass is 10.1. The van der Waals surface area contributed by atoms with Crippen LogP contribution in [0.3, 0.4) is 0 Å². The Bertz CT molecular complexity index is 1320. The Balaban J connectivity index is 1.33. The maximum Gasteiger partial charge on any atom is 0.255 e. The zero-order valence-corrected chi connectivity index (χ0v) is 20.8. The molecule has 3 aromatic carbocycles. The number of fused-ring (bicyclic) bond motifs is 1. The summed E-state index contributed by atoms with van der Waals surface area (Å²) < 4.78 is 7.29. The zero-order chi connectivity index (χ0) is 25.3. The van der Waals surface area contributed by atoms with Crippen LogP contribution in [0, 0.1) is 0 Å². The number of hydrogen-bond donors (Lipinski definition) is 1. The number of nitrogens with zero attached hydrogens (tertiary/aromatic N) is 3. The summed E-state index contributed by atoms with van der Waals surface area (Å²) in [7, 11) is 3.36. The van der Waals surface area contributed by atoms with Crippen LogP contribution < -0.4 is 15.0 Å². The van der Waals surface area contributed by atoms with E-state index in [0.717, 1.165) is 48.2 Å². The molecule has 1 heterocycles. The van der Waals surface area contributed by atoms with Crippen LogP contribution in [0.15, 0.2) is 78.9 Å². The maximum absolute atomic E-state index is 13.1. The number of nitrogens with one attached hydrogen (secondary N) is 1. The lowest BCUT2D eigenvalue weighted by Crippen LogP contribution is -2.30. The van der Waals surface area contributed by atoms with Gasteiger partial charge in [-0.15, -0.1) is 0 Å². The summed E-state index contributed by atoms with van der Waals surface area (Å²) in [5.41, 5.74) is 3.26. The minimum Gasteiger partial charge on any atom is -0.496 e. The fraction of sp³-hybridized carbons (Fsp3) is 0.276. The van der Waals surface area contributed by atoms with Crippen molar-refractivity contribution in [1.29, 1.82) is 0 Å². The first-order chi connectivity index (χ1) is 17.6. The van der Waals surface area contributed by atoms with E-state index >= 15 is 0 Å². The third kappa shape index (κ3) is 5.92. The summed E-state index contributed by atoms with van der Waals surface area (Å²) in [4.78, 5) is 32.0. The number of para-hydroxylation sites is 4. The molecular weight excluding hydrogens is 452 g/mol. The van der Waals surface area contributed by atoms with Crippen LogP contribution in [0.4, 0.5) is 5.69 Å². The van der Waals surface area contributed by atoms with Crippen LogP contribution in [0.1, 0.15) is 35.4 Å². The van der Waals surface area contributed by atoms with Gasteiger partial charge in [0.05, 0.1) is 23.7 Å². The molecule has 0 aliphatic rings. The molecule has 36 heavy (non-hydrogen) atoms. The molecular formula is C29H32N4O3. The second-order valence-electron chi connectivity index (χ2n) is 8.66. The van der Waals surface area contributed by atoms with E-state index in [1.807, 2.05) is 71.3 Å². The van der Waals surface area contributed by atoms with Crippen molar-refractivity contribution in [1.82, 2.24) is 14.9 Å². The van der Waals surface area contributed by atoms with E-state index in [4.69, 9.17) is 9.72 Å². The molecule has 0 fully saturated rings. The Morgan fingerprint density at radius 1 is 0.917 bits per heavy atom. The Kier molecular flexibility index (Phi) is 8.34. The molecule has 0 saturated carbocycles. The van der Waals surface area contributed by atoms with Crippen LogP contribution in [0.25, 0.3) is 11.0 Å². The average molecular weight is 485 g/mol. The van der Waals surface area contributed by atoms with Crippen LogP contribution in [-0.4, -0.2) is 42.1 Å². The van der Waals surface area contributed by atoms with Crippen molar-refractivity contribution in [3.8, 4) is 5.75 Å². The second-order valence-corrected chi connectivity index (χ2v) is 8.66. The molecule has 0 bridgehead atoms. The summed E-state index contributed by atoms with van der Waals surface area (Å²) in [6.07, 6.45) is 3.47. The van der Waals surface area contributed by atoms with Gasteiger partial charge in [-0.3, -0.25) is 9.59 Å². The summed E-state index contributed by atoms with van der Waals surface area (Å²) in [6.45, 7) is 0.823. The van der Waals surface area contributed by atoms with Gasteiger partial charge in [0.15, 0.2) is 0 Å². The molecule has 7 heteroatoms. The van der Waals surface area contributed by atoms with E-state index in [1.54, 1.807) is 31.2 Å². The van der Waals surface area contributed by atoms with E-state index < -0.39 is 0 Å². The third-order valence-corrected chi connectivity index (χ3v) is 6.26. The van der Waals surface area contributed by atoms with E-state index in [9.17, 15) is 9.59 Å². The Morgan fingerprint density at radius 3 is 2.44 bits per heavy atom. The lowest BCUT2D eigenvalue weighted by molar-refractivity contribution is -0.118. The van der Waals surface area contributed by atoms with E-state index in [0.29, 0.717) is 17.9 Å². The molecule has 0 aliphatic carbocycles. The van der Waals surface area contributed by atoms with Crippen LogP contribution in [0.5, 0.6) is 5.75 Å². The number of aromatic nitrogens is 2. The first kappa shape index (κ1) is 25.0. The molecule has 2 amide bonds. The smallest absolute Gasteiger partial charge is 0.255 e. The number of aryl methyl sites for hydroxylation is 1. The molecule has 0 aliphatic heterocycles. The minimum atomic E-state index is -0.129. The van der Waals surface area contributed by atoms with Crippen molar-refractivity contribution in [2.45, 2.75) is 32.2 Å². The molecule has 0 unspecified atom stereocenters. The molecule has 0 saturated heterocycles. The van der Waals surface area contributed by atoms with Crippen molar-refractivity contribution in [3.63, 3.8) is 0 Å². The third-order valence-electron chi connectivity index (χ3n) is 6.26. The van der Waals surface area contributed by atoms with Crippen molar-refractivity contribution in [2.24, 2.45) is 0 Å². The molecule has 1 N–H and O–H groups in total. The number of benzene rings is 3. The molecule has 4 rings (SSSR count). The highest BCUT2D eigenvalue weighted by molar-refractivity contribution is 5.97. The number of hydrogen-bond acceptors (Lipinski definition) is 4. The highest BCUT2D eigenvalue weighted by atomic mass is 16.5. The second kappa shape index (κ2) is 12.0. The van der Waals surface area contributed by atoms with Gasteiger partial charge in [0.1, 0.15) is 18.1 Å². The minimum absolute atomic E-state index is 0.00431. The normalized spacial score (nSPS) is 10.8. The number of carbonyl (C=O) groups excluding carboxylic acids is 2. The van der Waals surface area contributed by atoms with Gasteiger partial charge in [0.2, 0.25) is 5.91 Å². The first-order valence-electron chi connectivity index (χ1n) is 12.3. The summed E-state index contributed by atoms with van der Waals surface area (Å²) >= 11 is 0. The van der Waals surface area contributed by atoms with Crippen molar-refractivity contribution in [3.05, 3.63) is 90.3 Å². The molecule has 7 nitrogen and oxygen atoms in total. The van der Waals surface area contributed by atoms with Gasteiger partial charge in [-0.2, -0.15) is 0 Å². The fourth-order valence-corrected chi connectivity index (χ4v) is 4.24. The van der Waals surface area contributed by atoms with E-state index in [2.05, 4.69) is 5.32 Å². The topological polar surface area (TPSA) is 76.5 Å². The van der Waals surface area contributed by atoms with Gasteiger partial charge < -0.3 is 19.5 Å². The maximum atomic E-state index is 13.1. The molecule has 4 aromatic rings. The quantitative estimate of drug-likeness (QED) is 0.309. The monoisotopic (exact) mass is 484 g/mol. The Hall–Kier alpha value is -4.13. The fourth-order valence-electron chi connectivity index (χ4n) is 4.24. The highest BCUT2D eigenvalue weighted by Crippen LogP contribution is 2.20. The van der Waals surface area contributed by atoms with Crippen LogP contribution in [-0.2, 0) is 17.8 Å². The number of unbranched alkanes of at least 4 members (excludes halogenated alkanes) is 2. The Labute approximate surface area is 211 Å². The number of ether oxygens (including phenoxy) is 1. The highest BCUT2D eigenvalue weighted by Gasteiger charge is 2.17. The number of amides is 2. The van der Waals surface area contributed by atoms with Gasteiger partial charge in [0, 0.05) is 25.7 Å². The van der Waals surface area contributed by atoms with Crippen LogP contribution in [0.2, 0.25) is 0 Å². The van der Waals surface area contributed by atoms with Gasteiger partial charge >= 0.3 is 0 Å². The van der Waals surface area contributed by atoms with E-state index in [-0.39, 0.29) is 18.4 Å². The number of imidazole rings is 1. The van der Waals surface area contributed by atoms with Crippen molar-refractivity contribution in [2.75, 3.05) is 25.6 Å². The first-order valence-corrected chi connectivity index (χ1v) is 12.3. The summed E-state index contributed by atoms with van der Waals surface area (Å²) in [5, 5.41) is 2.97. The molecule has 0 radical (unpaired) electrons. The van der Waals surface area contributed by atoms with Crippen molar-refractivity contribution < 1.29 is 14.3 Å². The molecule has 0 atom stereocenters. The zero-order valence-electron chi connectivity index (χ0n) is 20.8. The predicted molar refractivity (Wildman–Crippen MR) is 142 cm³/mol. The Morgan fingerprint density at radius 2 is 1.64 bits per heavy atom. The van der Waals surface area contributed by atoms with Gasteiger partial charge in [0.25, 0.3) is 5.91 Å². The van der Waals surface area contributed by atoms with Gasteiger partial charge in [-0.1, -0.05) is 48.9 Å². The number of carbonyl (C=O) groups is 2. The molecule has 186 valence electrons. The average Bonchev–Trinajstić information content (AvgIpc) is 3.27. The largest absolute Gasteiger partial charge is 0.496 e. The van der Waals surface area contributed by atoms with Gasteiger partial charge in [-0.05, 0) is 49.2 Å². The lowest BCUT2D eigenvalue weighted by Gasteiger charge is -2.18. The number of rotatable bonds is 11. The number of anilines is 1. The van der Waals surface area contributed by atoms with E-state index in [1.165, 1.54) is 0 Å². The summed E-state index contributed by atoms with van der Waals surface area (Å²) in [5.74, 6) is 1.35. The summed E-state index contributed by atoms with van der Waals surface area (Å²) in [6, 6.07) is 24.8. The SMILES string of the molecule is COc1ccccc1C(=O)NCCCCCc1nc2ccccc2n1CC(=O)N(C)c1ccccc1. The van der Waals surface area contributed by atoms with Crippen molar-refractivity contribution >= 4 is 28.5 Å². The van der Waals surface area contributed by atoms with Gasteiger partial charge in [-0.25, -0.2) is 4.98 Å².